The molecule has 1 saturated heterocycles. The van der Waals surface area contributed by atoms with Gasteiger partial charge in [-0.15, -0.1) is 0 Å². The molecule has 0 saturated carbocycles. The van der Waals surface area contributed by atoms with Crippen LogP contribution in [-0.2, 0) is 6.42 Å². The van der Waals surface area contributed by atoms with Crippen LogP contribution in [0.5, 0.6) is 0 Å². The molecular weight excluding hydrogens is 331 g/mol. The lowest BCUT2D eigenvalue weighted by Gasteiger charge is -2.34. The second-order valence-electron chi connectivity index (χ2n) is 6.83. The third-order valence-corrected chi connectivity index (χ3v) is 5.11. The van der Waals surface area contributed by atoms with Crippen molar-refractivity contribution in [3.63, 3.8) is 0 Å². The van der Waals surface area contributed by atoms with Gasteiger partial charge >= 0.3 is 5.97 Å². The number of para-hydroxylation sites is 1. The van der Waals surface area contributed by atoms with E-state index in [-0.39, 0.29) is 11.4 Å². The number of hydrogen-bond acceptors (Lipinski definition) is 3. The van der Waals surface area contributed by atoms with Crippen molar-refractivity contribution in [3.05, 3.63) is 64.5 Å². The maximum atomic E-state index is 14.2. The Balaban J connectivity index is 1.69. The average Bonchev–Trinajstić information content (AvgIpc) is 2.64. The maximum absolute atomic E-state index is 14.2. The topological polar surface area (TPSA) is 64.3 Å². The number of rotatable bonds is 4. The fourth-order valence-corrected chi connectivity index (χ4v) is 3.64. The number of benzene rings is 2. The van der Waals surface area contributed by atoms with Crippen LogP contribution in [0.3, 0.4) is 0 Å². The Kier molecular flexibility index (Phi) is 5.22. The molecule has 5 heteroatoms. The Hall–Kier alpha value is -2.87. The standard InChI is InChI=1S/C21H21FN2O2/c1-14-10-19(22)17(12-18(14)21(25)26)11-15-6-8-24(9-7-15)20-5-3-2-4-16(20)13-23/h2-5,10,12,15H,6-9,11H2,1H3,(H,25,26). The molecule has 0 atom stereocenters. The summed E-state index contributed by atoms with van der Waals surface area (Å²) in [5, 5.41) is 18.5. The molecular formula is C21H21FN2O2. The zero-order valence-electron chi connectivity index (χ0n) is 14.7. The molecule has 0 radical (unpaired) electrons. The lowest BCUT2D eigenvalue weighted by molar-refractivity contribution is 0.0696. The first-order valence-electron chi connectivity index (χ1n) is 8.76. The quantitative estimate of drug-likeness (QED) is 0.897. The normalized spacial score (nSPS) is 14.9. The molecule has 0 amide bonds. The highest BCUT2D eigenvalue weighted by Crippen LogP contribution is 2.29. The number of halogens is 1. The van der Waals surface area contributed by atoms with E-state index in [0.29, 0.717) is 29.0 Å². The predicted octanol–water partition coefficient (Wildman–Crippen LogP) is 4.16. The van der Waals surface area contributed by atoms with E-state index in [9.17, 15) is 19.6 Å². The summed E-state index contributed by atoms with van der Waals surface area (Å²) in [4.78, 5) is 13.5. The van der Waals surface area contributed by atoms with E-state index in [1.54, 1.807) is 6.92 Å². The summed E-state index contributed by atoms with van der Waals surface area (Å²) < 4.78 is 14.2. The van der Waals surface area contributed by atoms with Gasteiger partial charge in [-0.2, -0.15) is 5.26 Å². The van der Waals surface area contributed by atoms with Gasteiger partial charge in [-0.05, 0) is 67.5 Å². The largest absolute Gasteiger partial charge is 0.478 e. The maximum Gasteiger partial charge on any atom is 0.335 e. The summed E-state index contributed by atoms with van der Waals surface area (Å²) in [6.07, 6.45) is 2.31. The van der Waals surface area contributed by atoms with Crippen molar-refractivity contribution in [2.24, 2.45) is 5.92 Å². The first-order chi connectivity index (χ1) is 12.5. The third kappa shape index (κ3) is 3.70. The molecule has 1 aliphatic rings. The van der Waals surface area contributed by atoms with E-state index in [1.165, 1.54) is 12.1 Å². The molecule has 2 aromatic rings. The van der Waals surface area contributed by atoms with Gasteiger partial charge in [0.1, 0.15) is 11.9 Å². The number of piperidine rings is 1. The summed E-state index contributed by atoms with van der Waals surface area (Å²) in [5.41, 5.74) is 2.71. The van der Waals surface area contributed by atoms with E-state index in [4.69, 9.17) is 0 Å². The molecule has 3 rings (SSSR count). The van der Waals surface area contributed by atoms with Crippen molar-refractivity contribution < 1.29 is 14.3 Å². The molecule has 1 N–H and O–H groups in total. The zero-order chi connectivity index (χ0) is 18.7. The second kappa shape index (κ2) is 7.57. The monoisotopic (exact) mass is 352 g/mol. The molecule has 0 aliphatic carbocycles. The smallest absolute Gasteiger partial charge is 0.335 e. The van der Waals surface area contributed by atoms with Crippen molar-refractivity contribution in [1.82, 2.24) is 0 Å². The lowest BCUT2D eigenvalue weighted by Crippen LogP contribution is -2.34. The number of carbonyl (C=O) groups is 1. The third-order valence-electron chi connectivity index (χ3n) is 5.11. The van der Waals surface area contributed by atoms with E-state index < -0.39 is 5.97 Å². The SMILES string of the molecule is Cc1cc(F)c(CC2CCN(c3ccccc3C#N)CC2)cc1C(=O)O. The van der Waals surface area contributed by atoms with Gasteiger partial charge in [0.05, 0.1) is 16.8 Å². The predicted molar refractivity (Wildman–Crippen MR) is 97.9 cm³/mol. The molecule has 0 aromatic heterocycles. The minimum atomic E-state index is -1.02. The van der Waals surface area contributed by atoms with Crippen LogP contribution in [0.1, 0.15) is 39.9 Å². The van der Waals surface area contributed by atoms with E-state index in [1.807, 2.05) is 24.3 Å². The fourth-order valence-electron chi connectivity index (χ4n) is 3.64. The van der Waals surface area contributed by atoms with Gasteiger partial charge < -0.3 is 10.0 Å². The highest BCUT2D eigenvalue weighted by atomic mass is 19.1. The van der Waals surface area contributed by atoms with Crippen LogP contribution in [0, 0.1) is 30.0 Å². The molecule has 26 heavy (non-hydrogen) atoms. The van der Waals surface area contributed by atoms with Crippen LogP contribution in [-0.4, -0.2) is 24.2 Å². The van der Waals surface area contributed by atoms with Crippen LogP contribution >= 0.6 is 0 Å². The molecule has 4 nitrogen and oxygen atoms in total. The second-order valence-corrected chi connectivity index (χ2v) is 6.83. The van der Waals surface area contributed by atoms with E-state index in [2.05, 4.69) is 11.0 Å². The Morgan fingerprint density at radius 3 is 2.65 bits per heavy atom. The summed E-state index contributed by atoms with van der Waals surface area (Å²) in [7, 11) is 0. The van der Waals surface area contributed by atoms with Crippen LogP contribution in [0.2, 0.25) is 0 Å². The van der Waals surface area contributed by atoms with Crippen LogP contribution in [0.25, 0.3) is 0 Å². The Morgan fingerprint density at radius 2 is 2.00 bits per heavy atom. The van der Waals surface area contributed by atoms with Crippen molar-refractivity contribution in [2.45, 2.75) is 26.2 Å². The van der Waals surface area contributed by atoms with Gasteiger partial charge in [0, 0.05) is 13.1 Å². The summed E-state index contributed by atoms with van der Waals surface area (Å²) >= 11 is 0. The van der Waals surface area contributed by atoms with Gasteiger partial charge in [0.2, 0.25) is 0 Å². The number of nitriles is 1. The fraction of sp³-hybridized carbons (Fsp3) is 0.333. The Morgan fingerprint density at radius 1 is 1.31 bits per heavy atom. The summed E-state index contributed by atoms with van der Waals surface area (Å²) in [5.74, 6) is -1.05. The van der Waals surface area contributed by atoms with Crippen molar-refractivity contribution in [1.29, 1.82) is 5.26 Å². The van der Waals surface area contributed by atoms with Crippen LogP contribution < -0.4 is 4.90 Å². The Labute approximate surface area is 152 Å². The van der Waals surface area contributed by atoms with Crippen LogP contribution in [0.15, 0.2) is 36.4 Å². The Bertz CT molecular complexity index is 865. The molecule has 0 spiro atoms. The van der Waals surface area contributed by atoms with Crippen LogP contribution in [0.4, 0.5) is 10.1 Å². The van der Waals surface area contributed by atoms with Gasteiger partial charge in [-0.3, -0.25) is 0 Å². The number of aryl methyl sites for hydroxylation is 1. The van der Waals surface area contributed by atoms with Crippen molar-refractivity contribution in [2.75, 3.05) is 18.0 Å². The zero-order valence-corrected chi connectivity index (χ0v) is 14.7. The number of aromatic carboxylic acids is 1. The van der Waals surface area contributed by atoms with Crippen molar-refractivity contribution >= 4 is 11.7 Å². The van der Waals surface area contributed by atoms with Gasteiger partial charge in [-0.1, -0.05) is 12.1 Å². The molecule has 134 valence electrons. The van der Waals surface area contributed by atoms with Gasteiger partial charge in [0.15, 0.2) is 0 Å². The van der Waals surface area contributed by atoms with Gasteiger partial charge in [0.25, 0.3) is 0 Å². The molecule has 1 fully saturated rings. The number of anilines is 1. The molecule has 1 aliphatic heterocycles. The highest BCUT2D eigenvalue weighted by Gasteiger charge is 2.23. The van der Waals surface area contributed by atoms with E-state index in [0.717, 1.165) is 31.6 Å². The molecule has 1 heterocycles. The summed E-state index contributed by atoms with van der Waals surface area (Å²) in [6, 6.07) is 12.6. The number of hydrogen-bond donors (Lipinski definition) is 1. The number of carboxylic acid groups (broad SMARTS) is 1. The first kappa shape index (κ1) is 17.9. The minimum Gasteiger partial charge on any atom is -0.478 e. The molecule has 0 bridgehead atoms. The van der Waals surface area contributed by atoms with E-state index >= 15 is 0 Å². The van der Waals surface area contributed by atoms with Gasteiger partial charge in [-0.25, -0.2) is 9.18 Å². The molecule has 2 aromatic carbocycles. The average molecular weight is 352 g/mol. The van der Waals surface area contributed by atoms with Crippen molar-refractivity contribution in [3.8, 4) is 6.07 Å². The molecule has 0 unspecified atom stereocenters. The minimum absolute atomic E-state index is 0.168. The summed E-state index contributed by atoms with van der Waals surface area (Å²) in [6.45, 7) is 3.23. The lowest BCUT2D eigenvalue weighted by atomic mass is 9.88. The number of nitrogens with zero attached hydrogens (tertiary/aromatic N) is 2. The first-order valence-corrected chi connectivity index (χ1v) is 8.76. The highest BCUT2D eigenvalue weighted by molar-refractivity contribution is 5.89. The number of carboxylic acids is 1.